The molecule has 1 rings (SSSR count). The van der Waals surface area contributed by atoms with Crippen molar-refractivity contribution in [1.82, 2.24) is 5.32 Å². The van der Waals surface area contributed by atoms with Crippen LogP contribution in [-0.4, -0.2) is 25.0 Å². The van der Waals surface area contributed by atoms with Crippen LogP contribution in [0.25, 0.3) is 0 Å². The number of aryl methyl sites for hydroxylation is 1. The van der Waals surface area contributed by atoms with E-state index in [-0.39, 0.29) is 24.5 Å². The summed E-state index contributed by atoms with van der Waals surface area (Å²) < 4.78 is 17.8. The first-order chi connectivity index (χ1) is 8.52. The third-order valence-corrected chi connectivity index (χ3v) is 2.22. The Labute approximate surface area is 105 Å². The molecule has 0 aliphatic rings. The van der Waals surface area contributed by atoms with Crippen LogP contribution in [0, 0.1) is 12.7 Å². The van der Waals surface area contributed by atoms with E-state index in [9.17, 15) is 14.0 Å². The largest absolute Gasteiger partial charge is 0.466 e. The maximum atomic E-state index is 13.1. The van der Waals surface area contributed by atoms with Gasteiger partial charge in [-0.3, -0.25) is 9.59 Å². The van der Waals surface area contributed by atoms with Crippen molar-refractivity contribution in [2.75, 3.05) is 13.2 Å². The van der Waals surface area contributed by atoms with Crippen molar-refractivity contribution in [1.29, 1.82) is 0 Å². The smallest absolute Gasteiger partial charge is 0.307 e. The van der Waals surface area contributed by atoms with Crippen LogP contribution < -0.4 is 5.32 Å². The van der Waals surface area contributed by atoms with E-state index >= 15 is 0 Å². The molecule has 98 valence electrons. The summed E-state index contributed by atoms with van der Waals surface area (Å²) in [4.78, 5) is 22.7. The number of halogens is 1. The molecule has 0 aliphatic heterocycles. The second-order valence-electron chi connectivity index (χ2n) is 3.83. The molecule has 0 saturated carbocycles. The lowest BCUT2D eigenvalue weighted by atomic mass is 10.1. The van der Waals surface area contributed by atoms with Crippen LogP contribution in [0.15, 0.2) is 18.2 Å². The maximum Gasteiger partial charge on any atom is 0.307 e. The molecule has 0 fully saturated rings. The summed E-state index contributed by atoms with van der Waals surface area (Å²) in [6.45, 7) is 3.91. The van der Waals surface area contributed by atoms with E-state index in [1.807, 2.05) is 0 Å². The number of hydrogen-bond donors (Lipinski definition) is 1. The quantitative estimate of drug-likeness (QED) is 0.814. The number of amides is 1. The summed E-state index contributed by atoms with van der Waals surface area (Å²) in [6.07, 6.45) is 0.105. The van der Waals surface area contributed by atoms with Crippen molar-refractivity contribution in [3.8, 4) is 0 Å². The first kappa shape index (κ1) is 14.2. The molecule has 1 aromatic rings. The molecule has 0 aliphatic carbocycles. The van der Waals surface area contributed by atoms with Gasteiger partial charge >= 0.3 is 5.97 Å². The first-order valence-electron chi connectivity index (χ1n) is 5.74. The van der Waals surface area contributed by atoms with Crippen LogP contribution in [0.4, 0.5) is 4.39 Å². The molecule has 1 N–H and O–H groups in total. The van der Waals surface area contributed by atoms with E-state index in [0.717, 1.165) is 6.07 Å². The zero-order chi connectivity index (χ0) is 13.5. The lowest BCUT2D eigenvalue weighted by Gasteiger charge is -2.06. The van der Waals surface area contributed by atoms with Gasteiger partial charge in [0.2, 0.25) is 0 Å². The van der Waals surface area contributed by atoms with Crippen LogP contribution in [0.5, 0.6) is 0 Å². The second-order valence-corrected chi connectivity index (χ2v) is 3.83. The molecule has 0 bridgehead atoms. The minimum absolute atomic E-state index is 0.105. The molecular weight excluding hydrogens is 237 g/mol. The van der Waals surface area contributed by atoms with Gasteiger partial charge in [0.05, 0.1) is 13.0 Å². The Morgan fingerprint density at radius 3 is 2.67 bits per heavy atom. The van der Waals surface area contributed by atoms with E-state index in [0.29, 0.717) is 12.2 Å². The fourth-order valence-electron chi connectivity index (χ4n) is 1.48. The average molecular weight is 253 g/mol. The summed E-state index contributed by atoms with van der Waals surface area (Å²) in [7, 11) is 0. The Morgan fingerprint density at radius 1 is 1.33 bits per heavy atom. The number of ether oxygens (including phenoxy) is 1. The molecule has 0 aromatic heterocycles. The van der Waals surface area contributed by atoms with Gasteiger partial charge in [-0.25, -0.2) is 4.39 Å². The molecular formula is C13H16FNO3. The minimum atomic E-state index is -0.453. The monoisotopic (exact) mass is 253 g/mol. The third kappa shape index (κ3) is 4.53. The first-order valence-corrected chi connectivity index (χ1v) is 5.74. The standard InChI is InChI=1S/C13H16FNO3/c1-3-18-12(16)4-5-15-13(17)10-6-9(2)7-11(14)8-10/h6-8H,3-5H2,1-2H3,(H,15,17). The van der Waals surface area contributed by atoms with Crippen molar-refractivity contribution >= 4 is 11.9 Å². The highest BCUT2D eigenvalue weighted by Crippen LogP contribution is 2.08. The Bertz CT molecular complexity index is 426. The van der Waals surface area contributed by atoms with Gasteiger partial charge in [0.1, 0.15) is 5.82 Å². The van der Waals surface area contributed by atoms with E-state index in [2.05, 4.69) is 5.32 Å². The third-order valence-electron chi connectivity index (χ3n) is 2.22. The van der Waals surface area contributed by atoms with Gasteiger partial charge in [-0.1, -0.05) is 0 Å². The summed E-state index contributed by atoms with van der Waals surface area (Å²) in [5, 5.41) is 2.54. The molecule has 0 saturated heterocycles. The Kier molecular flexibility index (Phi) is 5.30. The van der Waals surface area contributed by atoms with Gasteiger partial charge in [-0.2, -0.15) is 0 Å². The number of carbonyl (C=O) groups excluding carboxylic acids is 2. The number of hydrogen-bond acceptors (Lipinski definition) is 3. The zero-order valence-corrected chi connectivity index (χ0v) is 10.5. The summed E-state index contributed by atoms with van der Waals surface area (Å²) in [5.74, 6) is -1.22. The zero-order valence-electron chi connectivity index (χ0n) is 10.5. The summed E-state index contributed by atoms with van der Waals surface area (Å²) >= 11 is 0. The molecule has 5 heteroatoms. The second kappa shape index (κ2) is 6.74. The predicted octanol–water partition coefficient (Wildman–Crippen LogP) is 1.82. The molecule has 18 heavy (non-hydrogen) atoms. The lowest BCUT2D eigenvalue weighted by molar-refractivity contribution is -0.142. The maximum absolute atomic E-state index is 13.1. The molecule has 0 heterocycles. The normalized spacial score (nSPS) is 9.94. The van der Waals surface area contributed by atoms with Gasteiger partial charge in [-0.05, 0) is 37.6 Å². The molecule has 0 atom stereocenters. The summed E-state index contributed by atoms with van der Waals surface area (Å²) in [5.41, 5.74) is 0.918. The average Bonchev–Trinajstić information content (AvgIpc) is 2.27. The molecule has 0 spiro atoms. The molecule has 4 nitrogen and oxygen atoms in total. The van der Waals surface area contributed by atoms with Gasteiger partial charge in [0.25, 0.3) is 5.91 Å². The van der Waals surface area contributed by atoms with Gasteiger partial charge in [0, 0.05) is 12.1 Å². The Balaban J connectivity index is 2.48. The van der Waals surface area contributed by atoms with Crippen molar-refractivity contribution in [2.45, 2.75) is 20.3 Å². The highest BCUT2D eigenvalue weighted by molar-refractivity contribution is 5.94. The fraction of sp³-hybridized carbons (Fsp3) is 0.385. The minimum Gasteiger partial charge on any atom is -0.466 e. The van der Waals surface area contributed by atoms with Crippen LogP contribution >= 0.6 is 0 Å². The predicted molar refractivity (Wildman–Crippen MR) is 64.7 cm³/mol. The van der Waals surface area contributed by atoms with E-state index in [1.54, 1.807) is 19.9 Å². The van der Waals surface area contributed by atoms with Crippen LogP contribution in [0.1, 0.15) is 29.3 Å². The number of rotatable bonds is 5. The van der Waals surface area contributed by atoms with Crippen molar-refractivity contribution in [2.24, 2.45) is 0 Å². The van der Waals surface area contributed by atoms with E-state index in [1.165, 1.54) is 6.07 Å². The number of esters is 1. The van der Waals surface area contributed by atoms with Crippen LogP contribution in [0.3, 0.4) is 0 Å². The molecule has 1 aromatic carbocycles. The van der Waals surface area contributed by atoms with E-state index in [4.69, 9.17) is 4.74 Å². The number of carbonyl (C=O) groups is 2. The van der Waals surface area contributed by atoms with Gasteiger partial charge in [0.15, 0.2) is 0 Å². The Hall–Kier alpha value is -1.91. The highest BCUT2D eigenvalue weighted by Gasteiger charge is 2.08. The van der Waals surface area contributed by atoms with Crippen LogP contribution in [-0.2, 0) is 9.53 Å². The van der Waals surface area contributed by atoms with Crippen molar-refractivity contribution in [3.05, 3.63) is 35.1 Å². The van der Waals surface area contributed by atoms with Crippen LogP contribution in [0.2, 0.25) is 0 Å². The van der Waals surface area contributed by atoms with E-state index < -0.39 is 11.7 Å². The van der Waals surface area contributed by atoms with Crippen molar-refractivity contribution < 1.29 is 18.7 Å². The van der Waals surface area contributed by atoms with Gasteiger partial charge in [-0.15, -0.1) is 0 Å². The molecule has 1 amide bonds. The number of benzene rings is 1. The SMILES string of the molecule is CCOC(=O)CCNC(=O)c1cc(C)cc(F)c1. The Morgan fingerprint density at radius 2 is 2.06 bits per heavy atom. The van der Waals surface area contributed by atoms with Gasteiger partial charge < -0.3 is 10.1 Å². The number of nitrogens with one attached hydrogen (secondary N) is 1. The topological polar surface area (TPSA) is 55.4 Å². The molecule has 0 radical (unpaired) electrons. The lowest BCUT2D eigenvalue weighted by Crippen LogP contribution is -2.26. The fourth-order valence-corrected chi connectivity index (χ4v) is 1.48. The molecule has 0 unspecified atom stereocenters. The highest BCUT2D eigenvalue weighted by atomic mass is 19.1. The summed E-state index contributed by atoms with van der Waals surface area (Å²) in [6, 6.07) is 4.09. The van der Waals surface area contributed by atoms with Crippen molar-refractivity contribution in [3.63, 3.8) is 0 Å².